The molecule has 0 radical (unpaired) electrons. The Labute approximate surface area is 347 Å². The zero-order valence-corrected chi connectivity index (χ0v) is 33.5. The molecular weight excluding hydrogens is 825 g/mol. The zero-order chi connectivity index (χ0) is 39.4. The molecule has 3 N–H and O–H groups in total. The smallest absolute Gasteiger partial charge is 0.341 e. The van der Waals surface area contributed by atoms with Crippen LogP contribution in [0.3, 0.4) is 0 Å². The van der Waals surface area contributed by atoms with Gasteiger partial charge in [-0.15, -0.1) is 0 Å². The molecule has 0 unspecified atom stereocenters. The van der Waals surface area contributed by atoms with Gasteiger partial charge in [-0.25, -0.2) is 9.78 Å². The number of aromatic nitrogens is 1. The molecule has 0 saturated carbocycles. The van der Waals surface area contributed by atoms with Crippen molar-refractivity contribution in [1.29, 1.82) is 0 Å². The molecule has 280 valence electrons. The van der Waals surface area contributed by atoms with Gasteiger partial charge in [-0.2, -0.15) is 0 Å². The molecule has 0 atom stereocenters. The highest BCUT2D eigenvalue weighted by molar-refractivity contribution is 6.40. The molecule has 1 heterocycles. The number of nitrogens with two attached hydrogens (primary N) is 1. The van der Waals surface area contributed by atoms with Crippen LogP contribution in [0.25, 0.3) is 44.6 Å². The molecule has 0 saturated heterocycles. The van der Waals surface area contributed by atoms with E-state index in [1.54, 1.807) is 54.6 Å². The number of hydrogen-bond acceptors (Lipinski definition) is 5. The third kappa shape index (κ3) is 8.68. The summed E-state index contributed by atoms with van der Waals surface area (Å²) in [7, 11) is 0. The Morgan fingerprint density at radius 2 is 1.31 bits per heavy atom. The molecule has 0 aliphatic rings. The van der Waals surface area contributed by atoms with E-state index in [0.29, 0.717) is 43.7 Å². The van der Waals surface area contributed by atoms with Crippen molar-refractivity contribution < 1.29 is 24.2 Å². The monoisotopic (exact) mass is 852 g/mol. The van der Waals surface area contributed by atoms with Crippen molar-refractivity contribution in [2.45, 2.75) is 26.4 Å². The SMILES string of the molecule is CCCCOc1nc(-c2ccc(Cl)cc2Cl)c(-c2ccc(Cl)cc2)c(-c2c(-c3ccc(Cl)cc3Cl)cc(OCc3ccccc3)c(C(=O)O)c2Cl)c1C(N)=O. The summed E-state index contributed by atoms with van der Waals surface area (Å²) in [5.74, 6) is -2.51. The van der Waals surface area contributed by atoms with Gasteiger partial charge < -0.3 is 20.3 Å². The third-order valence-corrected chi connectivity index (χ3v) is 10.3. The summed E-state index contributed by atoms with van der Waals surface area (Å²) in [5, 5.41) is 12.1. The summed E-state index contributed by atoms with van der Waals surface area (Å²) in [4.78, 5) is 32.0. The van der Waals surface area contributed by atoms with Gasteiger partial charge in [0.25, 0.3) is 5.91 Å². The van der Waals surface area contributed by atoms with Gasteiger partial charge in [-0.1, -0.05) is 131 Å². The number of carboxylic acids is 1. The van der Waals surface area contributed by atoms with Crippen molar-refractivity contribution in [2.75, 3.05) is 6.61 Å². The average molecular weight is 855 g/mol. The van der Waals surface area contributed by atoms with E-state index < -0.39 is 11.9 Å². The van der Waals surface area contributed by atoms with Crippen molar-refractivity contribution >= 4 is 81.5 Å². The number of amides is 1. The number of pyridine rings is 1. The number of primary amides is 1. The van der Waals surface area contributed by atoms with Crippen molar-refractivity contribution in [2.24, 2.45) is 5.73 Å². The fraction of sp³-hybridized carbons (Fsp3) is 0.119. The van der Waals surface area contributed by atoms with E-state index in [-0.39, 0.29) is 73.4 Å². The van der Waals surface area contributed by atoms with Crippen LogP contribution < -0.4 is 15.2 Å². The van der Waals surface area contributed by atoms with Crippen LogP contribution in [0, 0.1) is 0 Å². The number of unbranched alkanes of at least 4 members (excludes halogenated alkanes) is 1. The van der Waals surface area contributed by atoms with E-state index in [0.717, 1.165) is 12.0 Å². The molecular formula is C42H30Cl6N2O5. The number of benzene rings is 5. The Bertz CT molecular complexity index is 2420. The Morgan fingerprint density at radius 1 is 0.691 bits per heavy atom. The molecule has 1 aromatic heterocycles. The molecule has 0 spiro atoms. The van der Waals surface area contributed by atoms with Gasteiger partial charge in [-0.3, -0.25) is 4.79 Å². The lowest BCUT2D eigenvalue weighted by molar-refractivity contribution is 0.0691. The number of ether oxygens (including phenoxy) is 2. The maximum Gasteiger partial charge on any atom is 0.341 e. The van der Waals surface area contributed by atoms with E-state index >= 15 is 0 Å². The number of nitrogens with zero attached hydrogens (tertiary/aromatic N) is 1. The summed E-state index contributed by atoms with van der Waals surface area (Å²) in [5.41, 5.74) is 8.79. The fourth-order valence-electron chi connectivity index (χ4n) is 6.07. The average Bonchev–Trinajstić information content (AvgIpc) is 3.14. The maximum atomic E-state index is 13.9. The second kappa shape index (κ2) is 17.5. The van der Waals surface area contributed by atoms with E-state index in [1.807, 2.05) is 37.3 Å². The van der Waals surface area contributed by atoms with Gasteiger partial charge in [0.1, 0.15) is 23.5 Å². The highest BCUT2D eigenvalue weighted by atomic mass is 35.5. The first-order valence-electron chi connectivity index (χ1n) is 16.8. The van der Waals surface area contributed by atoms with Crippen molar-refractivity contribution in [3.63, 3.8) is 0 Å². The summed E-state index contributed by atoms with van der Waals surface area (Å²) >= 11 is 40.2. The zero-order valence-electron chi connectivity index (χ0n) is 28.9. The van der Waals surface area contributed by atoms with Crippen molar-refractivity contribution in [3.05, 3.63) is 144 Å². The standard InChI is InChI=1S/C42H30Cl6N2O5/c1-2-3-17-54-41-37(40(49)51)36(33(23-9-11-24(43)12-10-23)39(50-41)28-16-14-26(45)19-31(28)47)34-29(27-15-13-25(44)18-30(27)46)20-32(35(38(34)48)42(52)53)55-21-22-7-5-4-6-8-22/h4-16,18-20H,2-3,17,21H2,1H3,(H2,49,51)(H,52,53). The molecule has 5 aromatic carbocycles. The number of aromatic carboxylic acids is 1. The second-order valence-corrected chi connectivity index (χ2v) is 14.8. The molecule has 7 nitrogen and oxygen atoms in total. The van der Waals surface area contributed by atoms with E-state index in [2.05, 4.69) is 0 Å². The van der Waals surface area contributed by atoms with Gasteiger partial charge in [0.05, 0.1) is 22.3 Å². The summed E-state index contributed by atoms with van der Waals surface area (Å²) in [6.07, 6.45) is 1.39. The summed E-state index contributed by atoms with van der Waals surface area (Å²) in [6.45, 7) is 2.17. The summed E-state index contributed by atoms with van der Waals surface area (Å²) < 4.78 is 12.4. The van der Waals surface area contributed by atoms with Crippen molar-refractivity contribution in [3.8, 4) is 56.3 Å². The first kappa shape index (κ1) is 40.2. The van der Waals surface area contributed by atoms with Crippen LogP contribution in [0.2, 0.25) is 30.1 Å². The Balaban J connectivity index is 1.84. The molecule has 0 bridgehead atoms. The van der Waals surface area contributed by atoms with E-state index in [9.17, 15) is 14.7 Å². The highest BCUT2D eigenvalue weighted by Gasteiger charge is 2.34. The number of hydrogen-bond donors (Lipinski definition) is 2. The van der Waals surface area contributed by atoms with Crippen molar-refractivity contribution in [1.82, 2.24) is 4.98 Å². The lowest BCUT2D eigenvalue weighted by atomic mass is 9.83. The van der Waals surface area contributed by atoms with Crippen LogP contribution >= 0.6 is 69.6 Å². The molecule has 1 amide bonds. The number of halogens is 6. The van der Waals surface area contributed by atoms with Crippen LogP contribution in [-0.4, -0.2) is 28.6 Å². The topological polar surface area (TPSA) is 112 Å². The Hall–Kier alpha value is -4.47. The minimum atomic E-state index is -1.40. The first-order valence-corrected chi connectivity index (χ1v) is 19.1. The highest BCUT2D eigenvalue weighted by Crippen LogP contribution is 2.53. The van der Waals surface area contributed by atoms with Gasteiger partial charge in [0, 0.05) is 47.9 Å². The predicted octanol–water partition coefficient (Wildman–Crippen LogP) is 13.2. The lowest BCUT2D eigenvalue weighted by Gasteiger charge is -2.25. The van der Waals surface area contributed by atoms with E-state index in [1.165, 1.54) is 12.1 Å². The van der Waals surface area contributed by atoms with Crippen LogP contribution in [0.4, 0.5) is 0 Å². The summed E-state index contributed by atoms with van der Waals surface area (Å²) in [6, 6.07) is 27.2. The predicted molar refractivity (Wildman–Crippen MR) is 223 cm³/mol. The van der Waals surface area contributed by atoms with Gasteiger partial charge >= 0.3 is 5.97 Å². The van der Waals surface area contributed by atoms with Crippen LogP contribution in [0.15, 0.2) is 97.1 Å². The molecule has 55 heavy (non-hydrogen) atoms. The number of carbonyl (C=O) groups is 2. The Kier molecular flexibility index (Phi) is 12.8. The van der Waals surface area contributed by atoms with E-state index in [4.69, 9.17) is 89.8 Å². The molecule has 6 rings (SSSR count). The lowest BCUT2D eigenvalue weighted by Crippen LogP contribution is -2.18. The minimum absolute atomic E-state index is 0.0109. The third-order valence-electron chi connectivity index (χ3n) is 8.62. The normalized spacial score (nSPS) is 11.0. The maximum absolute atomic E-state index is 13.9. The number of carboxylic acid groups (broad SMARTS) is 1. The van der Waals surface area contributed by atoms with Crippen LogP contribution in [-0.2, 0) is 6.61 Å². The largest absolute Gasteiger partial charge is 0.488 e. The minimum Gasteiger partial charge on any atom is -0.488 e. The Morgan fingerprint density at radius 3 is 1.89 bits per heavy atom. The molecule has 0 aliphatic carbocycles. The molecule has 0 fully saturated rings. The fourth-order valence-corrected chi connectivity index (χ4v) is 7.58. The number of rotatable bonds is 13. The molecule has 0 aliphatic heterocycles. The first-order chi connectivity index (χ1) is 26.4. The quantitative estimate of drug-likeness (QED) is 0.112. The van der Waals surface area contributed by atoms with Gasteiger partial charge in [0.2, 0.25) is 5.88 Å². The second-order valence-electron chi connectivity index (χ2n) is 12.3. The van der Waals surface area contributed by atoms with Gasteiger partial charge in [0.15, 0.2) is 0 Å². The molecule has 13 heteroatoms. The van der Waals surface area contributed by atoms with Crippen LogP contribution in [0.5, 0.6) is 11.6 Å². The molecule has 6 aromatic rings. The van der Waals surface area contributed by atoms with Gasteiger partial charge in [-0.05, 0) is 71.6 Å². The number of carbonyl (C=O) groups excluding carboxylic acids is 1. The van der Waals surface area contributed by atoms with Crippen LogP contribution in [0.1, 0.15) is 46.0 Å².